The Hall–Kier alpha value is -0.830. The van der Waals surface area contributed by atoms with Crippen molar-refractivity contribution in [3.63, 3.8) is 0 Å². The molecule has 0 bridgehead atoms. The highest BCUT2D eigenvalue weighted by Gasteiger charge is 2.29. The minimum absolute atomic E-state index is 0.694. The molecule has 1 saturated carbocycles. The second kappa shape index (κ2) is 6.08. The van der Waals surface area contributed by atoms with Gasteiger partial charge in [0, 0.05) is 11.1 Å². The van der Waals surface area contributed by atoms with Crippen molar-refractivity contribution in [2.45, 2.75) is 31.2 Å². The third kappa shape index (κ3) is 3.38. The van der Waals surface area contributed by atoms with Crippen molar-refractivity contribution < 1.29 is 0 Å². The van der Waals surface area contributed by atoms with Gasteiger partial charge in [-0.1, -0.05) is 23.7 Å². The zero-order valence-corrected chi connectivity index (χ0v) is 12.4. The van der Waals surface area contributed by atoms with E-state index < -0.39 is 0 Å². The van der Waals surface area contributed by atoms with E-state index in [1.54, 1.807) is 11.3 Å². The summed E-state index contributed by atoms with van der Waals surface area (Å²) < 4.78 is 0. The molecule has 3 heteroatoms. The zero-order valence-electron chi connectivity index (χ0n) is 10.8. The molecule has 2 aromatic rings. The number of hydrogen-bond acceptors (Lipinski definition) is 2. The quantitative estimate of drug-likeness (QED) is 0.856. The van der Waals surface area contributed by atoms with E-state index in [-0.39, 0.29) is 0 Å². The molecule has 19 heavy (non-hydrogen) atoms. The van der Waals surface area contributed by atoms with E-state index in [9.17, 15) is 0 Å². The van der Waals surface area contributed by atoms with Crippen LogP contribution in [0.1, 0.15) is 29.9 Å². The van der Waals surface area contributed by atoms with Gasteiger partial charge in [0.25, 0.3) is 0 Å². The topological polar surface area (TPSA) is 12.0 Å². The number of nitrogens with one attached hydrogen (secondary N) is 1. The first-order valence-electron chi connectivity index (χ1n) is 6.81. The van der Waals surface area contributed by atoms with Crippen molar-refractivity contribution in [2.24, 2.45) is 0 Å². The van der Waals surface area contributed by atoms with Crippen LogP contribution in [0.5, 0.6) is 0 Å². The fourth-order valence-corrected chi connectivity index (χ4v) is 3.48. The molecular formula is C16H18ClNS. The third-order valence-corrected chi connectivity index (χ3v) is 4.89. The summed E-state index contributed by atoms with van der Waals surface area (Å²) in [5, 5.41) is 8.86. The Morgan fingerprint density at radius 1 is 1.16 bits per heavy atom. The number of halogens is 1. The SMILES string of the molecule is Clc1ccc(C2CC(NCCc3ccsc3)C2)cc1. The molecule has 1 aliphatic carbocycles. The van der Waals surface area contributed by atoms with Gasteiger partial charge in [0.1, 0.15) is 0 Å². The van der Waals surface area contributed by atoms with Gasteiger partial charge in [-0.25, -0.2) is 0 Å². The maximum Gasteiger partial charge on any atom is 0.0406 e. The molecule has 0 unspecified atom stereocenters. The first-order valence-corrected chi connectivity index (χ1v) is 8.13. The van der Waals surface area contributed by atoms with E-state index in [1.807, 2.05) is 12.1 Å². The number of hydrogen-bond donors (Lipinski definition) is 1. The van der Waals surface area contributed by atoms with Gasteiger partial charge in [-0.3, -0.25) is 0 Å². The molecule has 1 aromatic heterocycles. The van der Waals surface area contributed by atoms with Crippen LogP contribution >= 0.6 is 22.9 Å². The summed E-state index contributed by atoms with van der Waals surface area (Å²) in [6.45, 7) is 1.09. The van der Waals surface area contributed by atoms with E-state index in [0.29, 0.717) is 6.04 Å². The summed E-state index contributed by atoms with van der Waals surface area (Å²) in [4.78, 5) is 0. The van der Waals surface area contributed by atoms with Gasteiger partial charge in [0.05, 0.1) is 0 Å². The number of thiophene rings is 1. The van der Waals surface area contributed by atoms with Crippen molar-refractivity contribution in [3.8, 4) is 0 Å². The molecule has 0 radical (unpaired) electrons. The second-order valence-corrected chi connectivity index (χ2v) is 6.47. The summed E-state index contributed by atoms with van der Waals surface area (Å²) in [6.07, 6.45) is 3.65. The third-order valence-electron chi connectivity index (χ3n) is 3.91. The van der Waals surface area contributed by atoms with Gasteiger partial charge < -0.3 is 5.32 Å². The van der Waals surface area contributed by atoms with Gasteiger partial charge in [-0.2, -0.15) is 11.3 Å². The Morgan fingerprint density at radius 2 is 1.95 bits per heavy atom. The minimum atomic E-state index is 0.694. The van der Waals surface area contributed by atoms with Crippen LogP contribution in [0.2, 0.25) is 5.02 Å². The number of benzene rings is 1. The summed E-state index contributed by atoms with van der Waals surface area (Å²) in [7, 11) is 0. The van der Waals surface area contributed by atoms with E-state index in [1.165, 1.54) is 24.0 Å². The predicted octanol–water partition coefficient (Wildman–Crippen LogP) is 4.48. The molecule has 1 nitrogen and oxygen atoms in total. The fourth-order valence-electron chi connectivity index (χ4n) is 2.65. The summed E-state index contributed by atoms with van der Waals surface area (Å²) in [5.41, 5.74) is 2.88. The monoisotopic (exact) mass is 291 g/mol. The van der Waals surface area contributed by atoms with E-state index >= 15 is 0 Å². The summed E-state index contributed by atoms with van der Waals surface area (Å²) in [6, 6.07) is 11.2. The Balaban J connectivity index is 1.39. The molecular weight excluding hydrogens is 274 g/mol. The Bertz CT molecular complexity index is 500. The minimum Gasteiger partial charge on any atom is -0.314 e. The Kier molecular flexibility index (Phi) is 4.21. The lowest BCUT2D eigenvalue weighted by Crippen LogP contribution is -2.40. The van der Waals surface area contributed by atoms with Crippen LogP contribution in [0.3, 0.4) is 0 Å². The zero-order chi connectivity index (χ0) is 13.1. The lowest BCUT2D eigenvalue weighted by molar-refractivity contribution is 0.293. The highest BCUT2D eigenvalue weighted by atomic mass is 35.5. The van der Waals surface area contributed by atoms with Crippen LogP contribution in [0, 0.1) is 0 Å². The molecule has 0 spiro atoms. The molecule has 3 rings (SSSR count). The Morgan fingerprint density at radius 3 is 2.63 bits per heavy atom. The van der Waals surface area contributed by atoms with Crippen LogP contribution in [0.25, 0.3) is 0 Å². The highest BCUT2D eigenvalue weighted by molar-refractivity contribution is 7.07. The van der Waals surface area contributed by atoms with Crippen LogP contribution < -0.4 is 5.32 Å². The summed E-state index contributed by atoms with van der Waals surface area (Å²) >= 11 is 7.69. The van der Waals surface area contributed by atoms with Crippen molar-refractivity contribution >= 4 is 22.9 Å². The molecule has 0 aliphatic heterocycles. The van der Waals surface area contributed by atoms with E-state index in [4.69, 9.17) is 11.6 Å². The van der Waals surface area contributed by atoms with Crippen LogP contribution in [-0.4, -0.2) is 12.6 Å². The molecule has 0 amide bonds. The van der Waals surface area contributed by atoms with Crippen molar-refractivity contribution in [2.75, 3.05) is 6.54 Å². The molecule has 1 aromatic carbocycles. The van der Waals surface area contributed by atoms with Crippen LogP contribution in [-0.2, 0) is 6.42 Å². The van der Waals surface area contributed by atoms with Crippen LogP contribution in [0.4, 0.5) is 0 Å². The van der Waals surface area contributed by atoms with Gasteiger partial charge in [0.15, 0.2) is 0 Å². The van der Waals surface area contributed by atoms with Gasteiger partial charge in [-0.05, 0) is 71.8 Å². The first kappa shape index (κ1) is 13.2. The number of rotatable bonds is 5. The predicted molar refractivity (Wildman–Crippen MR) is 83.2 cm³/mol. The molecule has 0 atom stereocenters. The first-order chi connectivity index (χ1) is 9.31. The molecule has 1 fully saturated rings. The molecule has 100 valence electrons. The average Bonchev–Trinajstić information content (AvgIpc) is 2.87. The second-order valence-electron chi connectivity index (χ2n) is 5.25. The standard InChI is InChI=1S/C16H18ClNS/c17-15-3-1-13(2-4-15)14-9-16(10-14)18-7-5-12-6-8-19-11-12/h1-4,6,8,11,14,16,18H,5,7,9-10H2. The van der Waals surface area contributed by atoms with E-state index in [0.717, 1.165) is 23.9 Å². The maximum absolute atomic E-state index is 5.91. The maximum atomic E-state index is 5.91. The smallest absolute Gasteiger partial charge is 0.0406 e. The molecule has 1 N–H and O–H groups in total. The lowest BCUT2D eigenvalue weighted by Gasteiger charge is -2.36. The summed E-state index contributed by atoms with van der Waals surface area (Å²) in [5.74, 6) is 0.718. The van der Waals surface area contributed by atoms with Gasteiger partial charge in [0.2, 0.25) is 0 Å². The Labute approximate surface area is 123 Å². The fraction of sp³-hybridized carbons (Fsp3) is 0.375. The van der Waals surface area contributed by atoms with Gasteiger partial charge >= 0.3 is 0 Å². The average molecular weight is 292 g/mol. The van der Waals surface area contributed by atoms with E-state index in [2.05, 4.69) is 34.3 Å². The van der Waals surface area contributed by atoms with Crippen molar-refractivity contribution in [1.29, 1.82) is 0 Å². The molecule has 0 saturated heterocycles. The largest absolute Gasteiger partial charge is 0.314 e. The van der Waals surface area contributed by atoms with Gasteiger partial charge in [-0.15, -0.1) is 0 Å². The normalized spacial score (nSPS) is 22.2. The lowest BCUT2D eigenvalue weighted by atomic mass is 9.76. The molecule has 1 heterocycles. The van der Waals surface area contributed by atoms with Crippen molar-refractivity contribution in [3.05, 3.63) is 57.2 Å². The highest BCUT2D eigenvalue weighted by Crippen LogP contribution is 2.37. The van der Waals surface area contributed by atoms with Crippen molar-refractivity contribution in [1.82, 2.24) is 5.32 Å². The van der Waals surface area contributed by atoms with Crippen LogP contribution in [0.15, 0.2) is 41.1 Å². The molecule has 1 aliphatic rings.